The van der Waals surface area contributed by atoms with Crippen molar-refractivity contribution in [3.63, 3.8) is 0 Å². The van der Waals surface area contributed by atoms with Crippen LogP contribution >= 0.6 is 11.6 Å². The molecule has 9 heteroatoms. The molecule has 160 valence electrons. The molecule has 0 N–H and O–H groups in total. The fraction of sp³-hybridized carbons (Fsp3) is 0.261. The van der Waals surface area contributed by atoms with Crippen molar-refractivity contribution in [3.8, 4) is 0 Å². The zero-order valence-electron chi connectivity index (χ0n) is 17.2. The summed E-state index contributed by atoms with van der Waals surface area (Å²) in [5.74, 6) is 0.634. The summed E-state index contributed by atoms with van der Waals surface area (Å²) in [4.78, 5) is 21.7. The number of hydrogen-bond acceptors (Lipinski definition) is 5. The minimum absolute atomic E-state index is 0.0662. The molecule has 0 atom stereocenters. The summed E-state index contributed by atoms with van der Waals surface area (Å²) < 4.78 is 5.61. The van der Waals surface area contributed by atoms with Crippen LogP contribution in [0.4, 0.5) is 0 Å². The summed E-state index contributed by atoms with van der Waals surface area (Å²) in [6.07, 6.45) is 12.8. The molecule has 0 aliphatic heterocycles. The minimum atomic E-state index is -0.0662. The first-order valence-electron chi connectivity index (χ1n) is 10.6. The number of imidazole rings is 2. The highest BCUT2D eigenvalue weighted by Crippen LogP contribution is 2.39. The van der Waals surface area contributed by atoms with Crippen molar-refractivity contribution in [1.29, 1.82) is 0 Å². The lowest BCUT2D eigenvalue weighted by atomic mass is 10.1. The molecule has 0 saturated heterocycles. The number of aryl methyl sites for hydroxylation is 1. The number of ketones is 1. The zero-order valence-corrected chi connectivity index (χ0v) is 18.0. The van der Waals surface area contributed by atoms with Crippen LogP contribution in [-0.4, -0.2) is 39.5 Å². The molecular formula is C23H20ClN7O. The Bertz CT molecular complexity index is 1460. The van der Waals surface area contributed by atoms with Crippen LogP contribution < -0.4 is 0 Å². The molecule has 0 aromatic carbocycles. The summed E-state index contributed by atoms with van der Waals surface area (Å²) in [5.41, 5.74) is 5.25. The SMILES string of the molecule is O=C(CCc1ncn2ccc(Cl)cc12)c1cn(Cc2cn3cc(C4CC4)ccc3n2)nn1. The molecule has 5 aromatic heterocycles. The molecule has 0 spiro atoms. The van der Waals surface area contributed by atoms with Crippen molar-refractivity contribution < 1.29 is 4.79 Å². The summed E-state index contributed by atoms with van der Waals surface area (Å²) in [6.45, 7) is 0.463. The van der Waals surface area contributed by atoms with Crippen LogP contribution in [0.15, 0.2) is 55.4 Å². The zero-order chi connectivity index (χ0) is 21.7. The highest BCUT2D eigenvalue weighted by atomic mass is 35.5. The summed E-state index contributed by atoms with van der Waals surface area (Å²) in [6, 6.07) is 7.87. The topological polar surface area (TPSA) is 82.4 Å². The van der Waals surface area contributed by atoms with Gasteiger partial charge in [-0.25, -0.2) is 14.6 Å². The van der Waals surface area contributed by atoms with Crippen molar-refractivity contribution >= 4 is 28.5 Å². The molecule has 8 nitrogen and oxygen atoms in total. The first-order chi connectivity index (χ1) is 15.6. The molecule has 0 bridgehead atoms. The van der Waals surface area contributed by atoms with E-state index in [0.717, 1.165) is 22.6 Å². The number of hydrogen-bond donors (Lipinski definition) is 0. The number of nitrogens with zero attached hydrogens (tertiary/aromatic N) is 7. The lowest BCUT2D eigenvalue weighted by molar-refractivity contribution is 0.0977. The van der Waals surface area contributed by atoms with Gasteiger partial charge < -0.3 is 8.80 Å². The maximum Gasteiger partial charge on any atom is 0.185 e. The second kappa shape index (κ2) is 7.56. The molecule has 1 saturated carbocycles. The van der Waals surface area contributed by atoms with Gasteiger partial charge in [0.2, 0.25) is 0 Å². The predicted molar refractivity (Wildman–Crippen MR) is 119 cm³/mol. The van der Waals surface area contributed by atoms with E-state index in [1.807, 2.05) is 22.9 Å². The van der Waals surface area contributed by atoms with Gasteiger partial charge in [0.25, 0.3) is 0 Å². The number of aromatic nitrogens is 7. The largest absolute Gasteiger partial charge is 0.306 e. The van der Waals surface area contributed by atoms with E-state index in [2.05, 4.69) is 43.0 Å². The van der Waals surface area contributed by atoms with Gasteiger partial charge in [0.05, 0.1) is 36.0 Å². The van der Waals surface area contributed by atoms with Crippen molar-refractivity contribution in [2.75, 3.05) is 0 Å². The van der Waals surface area contributed by atoms with Gasteiger partial charge in [-0.3, -0.25) is 4.79 Å². The molecule has 1 aliphatic rings. The van der Waals surface area contributed by atoms with E-state index in [0.29, 0.717) is 36.0 Å². The third-order valence-electron chi connectivity index (χ3n) is 5.89. The van der Waals surface area contributed by atoms with Gasteiger partial charge in [-0.05, 0) is 48.9 Å². The number of Topliss-reactive ketones (excluding diaryl/α,β-unsaturated/α-hetero) is 1. The predicted octanol–water partition coefficient (Wildman–Crippen LogP) is 3.97. The van der Waals surface area contributed by atoms with E-state index in [4.69, 9.17) is 11.6 Å². The number of pyridine rings is 2. The maximum absolute atomic E-state index is 12.7. The Balaban J connectivity index is 1.13. The third kappa shape index (κ3) is 3.67. The fourth-order valence-electron chi connectivity index (χ4n) is 4.03. The number of halogens is 1. The molecule has 1 fully saturated rings. The van der Waals surface area contributed by atoms with Crippen LogP contribution in [0, 0.1) is 0 Å². The lowest BCUT2D eigenvalue weighted by Gasteiger charge is -1.99. The number of rotatable bonds is 7. The van der Waals surface area contributed by atoms with Crippen LogP contribution in [0.5, 0.6) is 0 Å². The van der Waals surface area contributed by atoms with Crippen LogP contribution in [0.1, 0.15) is 52.6 Å². The first-order valence-corrected chi connectivity index (χ1v) is 11.0. The van der Waals surface area contributed by atoms with Crippen molar-refractivity contribution in [2.45, 2.75) is 38.1 Å². The van der Waals surface area contributed by atoms with Crippen molar-refractivity contribution in [1.82, 2.24) is 33.8 Å². The number of carbonyl (C=O) groups is 1. The van der Waals surface area contributed by atoms with Gasteiger partial charge in [-0.1, -0.05) is 22.9 Å². The minimum Gasteiger partial charge on any atom is -0.306 e. The summed E-state index contributed by atoms with van der Waals surface area (Å²) >= 11 is 6.09. The van der Waals surface area contributed by atoms with E-state index in [9.17, 15) is 4.79 Å². The van der Waals surface area contributed by atoms with Crippen LogP contribution in [0.2, 0.25) is 5.02 Å². The lowest BCUT2D eigenvalue weighted by Crippen LogP contribution is -2.03. The van der Waals surface area contributed by atoms with Crippen LogP contribution in [-0.2, 0) is 13.0 Å². The van der Waals surface area contributed by atoms with Gasteiger partial charge in [0.1, 0.15) is 11.3 Å². The van der Waals surface area contributed by atoms with Crippen molar-refractivity contribution in [3.05, 3.63) is 83.0 Å². The van der Waals surface area contributed by atoms with Gasteiger partial charge >= 0.3 is 0 Å². The molecule has 0 radical (unpaired) electrons. The van der Waals surface area contributed by atoms with Crippen LogP contribution in [0.25, 0.3) is 11.2 Å². The molecule has 32 heavy (non-hydrogen) atoms. The van der Waals surface area contributed by atoms with E-state index < -0.39 is 0 Å². The van der Waals surface area contributed by atoms with E-state index in [1.54, 1.807) is 23.3 Å². The third-order valence-corrected chi connectivity index (χ3v) is 6.13. The number of fused-ring (bicyclic) bond motifs is 2. The highest BCUT2D eigenvalue weighted by molar-refractivity contribution is 6.30. The summed E-state index contributed by atoms with van der Waals surface area (Å²) in [5, 5.41) is 8.84. The quantitative estimate of drug-likeness (QED) is 0.354. The highest BCUT2D eigenvalue weighted by Gasteiger charge is 2.23. The Morgan fingerprint density at radius 2 is 2.03 bits per heavy atom. The van der Waals surface area contributed by atoms with Gasteiger partial charge in [-0.2, -0.15) is 0 Å². The average Bonchev–Trinajstić information content (AvgIpc) is 3.21. The maximum atomic E-state index is 12.7. The summed E-state index contributed by atoms with van der Waals surface area (Å²) in [7, 11) is 0. The van der Waals surface area contributed by atoms with E-state index >= 15 is 0 Å². The Hall–Kier alpha value is -3.52. The molecule has 6 rings (SSSR count). The Labute approximate surface area is 188 Å². The molecule has 0 unspecified atom stereocenters. The number of carbonyl (C=O) groups excluding carboxylic acids is 1. The Morgan fingerprint density at radius 1 is 1.12 bits per heavy atom. The molecule has 0 amide bonds. The second-order valence-corrected chi connectivity index (χ2v) is 8.72. The van der Waals surface area contributed by atoms with E-state index in [1.165, 1.54) is 18.4 Å². The van der Waals surface area contributed by atoms with Gasteiger partial charge in [0, 0.05) is 30.0 Å². The van der Waals surface area contributed by atoms with Crippen LogP contribution in [0.3, 0.4) is 0 Å². The van der Waals surface area contributed by atoms with Gasteiger partial charge in [-0.15, -0.1) is 5.10 Å². The first kappa shape index (κ1) is 19.2. The normalized spacial score (nSPS) is 13.9. The molecule has 1 aliphatic carbocycles. The molecule has 5 heterocycles. The second-order valence-electron chi connectivity index (χ2n) is 8.29. The average molecular weight is 446 g/mol. The van der Waals surface area contributed by atoms with Gasteiger partial charge in [0.15, 0.2) is 5.78 Å². The van der Waals surface area contributed by atoms with E-state index in [-0.39, 0.29) is 5.78 Å². The molecule has 5 aromatic rings. The Kier molecular flexibility index (Phi) is 4.53. The van der Waals surface area contributed by atoms with Crippen molar-refractivity contribution in [2.24, 2.45) is 0 Å². The smallest absolute Gasteiger partial charge is 0.185 e. The Morgan fingerprint density at radius 3 is 2.91 bits per heavy atom. The fourth-order valence-corrected chi connectivity index (χ4v) is 4.19. The monoisotopic (exact) mass is 445 g/mol. The molecular weight excluding hydrogens is 426 g/mol. The standard InChI is InChI=1S/C23H20ClN7O/c24-17-7-8-29-14-25-19(21(29)9-17)4-5-22(32)20-13-31(28-27-20)12-18-11-30-10-16(15-1-2-15)3-6-23(30)26-18/h3,6-11,13-15H,1-2,4-5,12H2.